The summed E-state index contributed by atoms with van der Waals surface area (Å²) in [5, 5.41) is 9.58. The summed E-state index contributed by atoms with van der Waals surface area (Å²) >= 11 is 0. The van der Waals surface area contributed by atoms with Gasteiger partial charge < -0.3 is 36.1 Å². The molecule has 1 atom stereocenters. The van der Waals surface area contributed by atoms with E-state index >= 15 is 0 Å². The zero-order chi connectivity index (χ0) is 23.6. The molecule has 31 heavy (non-hydrogen) atoms. The molecule has 9 heteroatoms. The van der Waals surface area contributed by atoms with E-state index in [1.165, 1.54) is 21.3 Å². The third-order valence-electron chi connectivity index (χ3n) is 4.11. The van der Waals surface area contributed by atoms with E-state index in [0.29, 0.717) is 39.8 Å². The lowest BCUT2D eigenvalue weighted by Gasteiger charge is -2.14. The van der Waals surface area contributed by atoms with Crippen molar-refractivity contribution in [3.63, 3.8) is 0 Å². The summed E-state index contributed by atoms with van der Waals surface area (Å²) in [4.78, 5) is 9.80. The maximum absolute atomic E-state index is 9.80. The number of methoxy groups -OCH3 is 4. The van der Waals surface area contributed by atoms with Crippen molar-refractivity contribution in [1.82, 2.24) is 0 Å². The summed E-state index contributed by atoms with van der Waals surface area (Å²) in [6.45, 7) is 1.54. The van der Waals surface area contributed by atoms with Crippen molar-refractivity contribution in [1.29, 1.82) is 5.26 Å². The number of benzene rings is 2. The third kappa shape index (κ3) is 6.83. The van der Waals surface area contributed by atoms with Gasteiger partial charge in [0, 0.05) is 0 Å². The number of nitrogens with zero attached hydrogens (tertiary/aromatic N) is 1. The van der Waals surface area contributed by atoms with E-state index in [-0.39, 0.29) is 0 Å². The molecule has 0 aliphatic rings. The molecule has 0 aromatic heterocycles. The number of carbonyl (C=O) groups excluding carboxylic acids is 1. The molecule has 2 aromatic rings. The summed E-state index contributed by atoms with van der Waals surface area (Å²) in [6.07, 6.45) is 1.73. The normalized spacial score (nSPS) is 11.3. The predicted octanol–water partition coefficient (Wildman–Crippen LogP) is 2.19. The molecule has 0 bridgehead atoms. The molecule has 2 aromatic carbocycles. The minimum absolute atomic E-state index is 0.434. The molecule has 0 aliphatic heterocycles. The molecule has 0 radical (unpaired) electrons. The summed E-state index contributed by atoms with van der Waals surface area (Å²) < 4.78 is 21.1. The Labute approximate surface area is 181 Å². The van der Waals surface area contributed by atoms with Gasteiger partial charge in [0.05, 0.1) is 51.8 Å². The number of rotatable bonds is 7. The fourth-order valence-electron chi connectivity index (χ4n) is 2.43. The van der Waals surface area contributed by atoms with Crippen molar-refractivity contribution >= 4 is 23.2 Å². The minimum atomic E-state index is -0.509. The van der Waals surface area contributed by atoms with Crippen LogP contribution < -0.4 is 36.1 Å². The Bertz CT molecular complexity index is 955. The fraction of sp³-hybridized carbons (Fsp3) is 0.273. The van der Waals surface area contributed by atoms with E-state index in [9.17, 15) is 10.1 Å². The van der Waals surface area contributed by atoms with E-state index in [4.69, 9.17) is 30.4 Å². The molecule has 0 aliphatic carbocycles. The van der Waals surface area contributed by atoms with Crippen molar-refractivity contribution in [2.75, 3.05) is 34.2 Å². The van der Waals surface area contributed by atoms with Crippen LogP contribution in [0.25, 0.3) is 11.6 Å². The summed E-state index contributed by atoms with van der Waals surface area (Å²) in [6, 6.07) is 10.5. The Morgan fingerprint density at radius 1 is 1.00 bits per heavy atom. The van der Waals surface area contributed by atoms with Crippen LogP contribution in [0.4, 0.5) is 5.69 Å². The van der Waals surface area contributed by atoms with Gasteiger partial charge in [0.15, 0.2) is 11.5 Å². The second-order valence-electron chi connectivity index (χ2n) is 6.28. The zero-order valence-corrected chi connectivity index (χ0v) is 18.3. The monoisotopic (exact) mass is 428 g/mol. The Morgan fingerprint density at radius 2 is 1.52 bits per heavy atom. The van der Waals surface area contributed by atoms with Gasteiger partial charge in [0.2, 0.25) is 11.7 Å². The van der Waals surface area contributed by atoms with Crippen molar-refractivity contribution < 1.29 is 23.7 Å². The zero-order valence-electron chi connectivity index (χ0n) is 18.3. The van der Waals surface area contributed by atoms with Gasteiger partial charge in [0.25, 0.3) is 0 Å². The van der Waals surface area contributed by atoms with Crippen LogP contribution in [-0.4, -0.2) is 40.4 Å². The number of amides is 1. The van der Waals surface area contributed by atoms with Crippen molar-refractivity contribution in [2.24, 2.45) is 11.5 Å². The van der Waals surface area contributed by atoms with Crippen LogP contribution in [0.2, 0.25) is 0 Å². The van der Waals surface area contributed by atoms with Gasteiger partial charge in [-0.2, -0.15) is 5.26 Å². The van der Waals surface area contributed by atoms with Crippen LogP contribution in [0.1, 0.15) is 18.1 Å². The number of nitriles is 1. The van der Waals surface area contributed by atoms with E-state index < -0.39 is 11.9 Å². The van der Waals surface area contributed by atoms with E-state index in [2.05, 4.69) is 11.8 Å². The number of hydrogen-bond acceptors (Lipinski definition) is 8. The van der Waals surface area contributed by atoms with Crippen LogP contribution in [0.5, 0.6) is 23.0 Å². The maximum Gasteiger partial charge on any atom is 0.234 e. The second-order valence-corrected chi connectivity index (χ2v) is 6.28. The van der Waals surface area contributed by atoms with Gasteiger partial charge in [-0.05, 0) is 48.4 Å². The first kappa shape index (κ1) is 25.1. The number of hydrogen-bond donors (Lipinski definition) is 3. The number of ether oxygens (including phenoxy) is 4. The van der Waals surface area contributed by atoms with Gasteiger partial charge in [0.1, 0.15) is 5.75 Å². The smallest absolute Gasteiger partial charge is 0.234 e. The van der Waals surface area contributed by atoms with Gasteiger partial charge in [-0.3, -0.25) is 4.79 Å². The average Bonchev–Trinajstić information content (AvgIpc) is 2.76. The standard InChI is InChI=1S/C19H20N2O4.C3H8N2O/c1-22-16-6-5-12(8-15(16)21)7-14(11-20)13-9-17(23-2)19(25-4)18(10-13)24-3;1-2(4)3(5)6/h5-10H,21H2,1-4H3;2H,4H2,1H3,(H2,5,6)/t;2-/m.0/s1. The lowest BCUT2D eigenvalue weighted by Crippen LogP contribution is -2.32. The molecular formula is C22H28N4O5. The minimum Gasteiger partial charge on any atom is -0.495 e. The molecular weight excluding hydrogens is 400 g/mol. The first-order valence-electron chi connectivity index (χ1n) is 9.12. The molecule has 0 saturated heterocycles. The van der Waals surface area contributed by atoms with Crippen LogP contribution in [0.15, 0.2) is 30.3 Å². The first-order valence-corrected chi connectivity index (χ1v) is 9.12. The molecule has 0 heterocycles. The number of primary amides is 1. The van der Waals surface area contributed by atoms with Gasteiger partial charge in [-0.25, -0.2) is 0 Å². The second kappa shape index (κ2) is 11.9. The van der Waals surface area contributed by atoms with E-state index in [0.717, 1.165) is 5.56 Å². The van der Waals surface area contributed by atoms with Crippen LogP contribution in [0.3, 0.4) is 0 Å². The molecule has 1 amide bonds. The number of anilines is 1. The van der Waals surface area contributed by atoms with Crippen LogP contribution in [-0.2, 0) is 4.79 Å². The van der Waals surface area contributed by atoms with Crippen molar-refractivity contribution in [2.45, 2.75) is 13.0 Å². The molecule has 2 rings (SSSR count). The highest BCUT2D eigenvalue weighted by Gasteiger charge is 2.15. The first-order chi connectivity index (χ1) is 14.7. The largest absolute Gasteiger partial charge is 0.495 e. The van der Waals surface area contributed by atoms with E-state index in [1.807, 2.05) is 6.07 Å². The number of nitrogen functional groups attached to an aromatic ring is 1. The van der Waals surface area contributed by atoms with Crippen LogP contribution >= 0.6 is 0 Å². The van der Waals surface area contributed by atoms with Gasteiger partial charge in [-0.15, -0.1) is 0 Å². The highest BCUT2D eigenvalue weighted by Crippen LogP contribution is 2.40. The van der Waals surface area contributed by atoms with Crippen LogP contribution in [0, 0.1) is 11.3 Å². The molecule has 9 nitrogen and oxygen atoms in total. The van der Waals surface area contributed by atoms with Gasteiger partial charge in [-0.1, -0.05) is 6.07 Å². The Balaban J connectivity index is 0.000000703. The predicted molar refractivity (Wildman–Crippen MR) is 120 cm³/mol. The molecule has 166 valence electrons. The average molecular weight is 428 g/mol. The lowest BCUT2D eigenvalue weighted by atomic mass is 10.0. The topological polar surface area (TPSA) is 156 Å². The summed E-state index contributed by atoms with van der Waals surface area (Å²) in [7, 11) is 6.14. The summed E-state index contributed by atoms with van der Waals surface area (Å²) in [5.74, 6) is 1.55. The maximum atomic E-state index is 9.80. The highest BCUT2D eigenvalue weighted by atomic mass is 16.5. The van der Waals surface area contributed by atoms with Crippen molar-refractivity contribution in [3.8, 4) is 29.1 Å². The molecule has 6 N–H and O–H groups in total. The van der Waals surface area contributed by atoms with Crippen molar-refractivity contribution in [3.05, 3.63) is 41.5 Å². The van der Waals surface area contributed by atoms with Gasteiger partial charge >= 0.3 is 0 Å². The lowest BCUT2D eigenvalue weighted by molar-refractivity contribution is -0.118. The fourth-order valence-corrected chi connectivity index (χ4v) is 2.43. The van der Waals surface area contributed by atoms with E-state index in [1.54, 1.807) is 44.4 Å². The quantitative estimate of drug-likeness (QED) is 0.344. The SMILES string of the molecule is COc1ccc(C=C(C#N)c2cc(OC)c(OC)c(OC)c2)cc1N.C[C@H](N)C(N)=O. The third-order valence-corrected chi connectivity index (χ3v) is 4.11. The number of allylic oxidation sites excluding steroid dienone is 1. The molecule has 0 saturated carbocycles. The molecule has 0 unspecified atom stereocenters. The molecule has 0 spiro atoms. The number of carbonyl (C=O) groups is 1. The molecule has 0 fully saturated rings. The number of nitrogens with two attached hydrogens (primary N) is 3. The Hall–Kier alpha value is -3.90. The summed E-state index contributed by atoms with van der Waals surface area (Å²) in [5.41, 5.74) is 17.9. The highest BCUT2D eigenvalue weighted by molar-refractivity contribution is 5.91. The Kier molecular flexibility index (Phi) is 9.69. The Morgan fingerprint density at radius 3 is 1.87 bits per heavy atom.